The number of ether oxygens (including phenoxy) is 4. The Morgan fingerprint density at radius 1 is 0.365 bits per heavy atom. The number of carbonyl (C=O) groups is 3. The Morgan fingerprint density at radius 2 is 0.671 bits per heavy atom. The number of unbranched alkanes of at least 4 members (excludes halogenated alkanes) is 22. The van der Waals surface area contributed by atoms with Crippen LogP contribution in [0.3, 0.4) is 0 Å². The molecule has 0 aromatic carbocycles. The molecule has 0 saturated heterocycles. The van der Waals surface area contributed by atoms with Crippen LogP contribution >= 0.6 is 0 Å². The van der Waals surface area contributed by atoms with Crippen molar-refractivity contribution in [1.82, 2.24) is 0 Å². The number of rotatable bonds is 61. The largest absolute Gasteiger partial charge is 0.545 e. The number of carboxylic acids is 1. The van der Waals surface area contributed by atoms with E-state index in [4.69, 9.17) is 18.9 Å². The molecule has 0 bridgehead atoms. The Morgan fingerprint density at radius 3 is 1.00 bits per heavy atom. The molecule has 0 N–H and O–H groups in total. The Balaban J connectivity index is 4.24. The maximum atomic E-state index is 12.9. The number of quaternary nitrogens is 1. The second-order valence-electron chi connectivity index (χ2n) is 23.4. The summed E-state index contributed by atoms with van der Waals surface area (Å²) in [5, 5.41) is 11.8. The molecule has 85 heavy (non-hydrogen) atoms. The van der Waals surface area contributed by atoms with Gasteiger partial charge in [0, 0.05) is 12.8 Å². The first kappa shape index (κ1) is 80.2. The molecule has 0 saturated carbocycles. The van der Waals surface area contributed by atoms with Crippen molar-refractivity contribution in [3.8, 4) is 0 Å². The summed E-state index contributed by atoms with van der Waals surface area (Å²) < 4.78 is 22.7. The monoisotopic (exact) mass is 1180 g/mol. The molecule has 2 unspecified atom stereocenters. The average Bonchev–Trinajstić information content (AvgIpc) is 3.48. The predicted molar refractivity (Wildman–Crippen MR) is 361 cm³/mol. The Hall–Kier alpha value is -4.83. The molecule has 0 aliphatic carbocycles. The highest BCUT2D eigenvalue weighted by molar-refractivity contribution is 5.70. The SMILES string of the molecule is CC/C=C\C/C=C\C/C=C\C/C=C\C/C=C\C/C=C\C/C=C\C/C=C\C/C=C\C/C=C\CCCCCCCCC(=O)OC(COC(=O)CCCCCCCCCCCCC/C=C\C/C=C\CCCCCCC)COC(OCC[N+](C)(C)C)C(=O)[O-]. The maximum absolute atomic E-state index is 12.9. The van der Waals surface area contributed by atoms with E-state index in [1.807, 2.05) is 21.1 Å². The van der Waals surface area contributed by atoms with Crippen molar-refractivity contribution in [3.05, 3.63) is 146 Å². The Kier molecular flexibility index (Phi) is 61.4. The van der Waals surface area contributed by atoms with E-state index in [0.29, 0.717) is 17.4 Å². The minimum absolute atomic E-state index is 0.137. The van der Waals surface area contributed by atoms with E-state index >= 15 is 0 Å². The van der Waals surface area contributed by atoms with Crippen molar-refractivity contribution < 1.29 is 42.9 Å². The predicted octanol–water partition coefficient (Wildman–Crippen LogP) is 19.8. The van der Waals surface area contributed by atoms with Gasteiger partial charge in [0.05, 0.1) is 40.3 Å². The summed E-state index contributed by atoms with van der Waals surface area (Å²) in [5.41, 5.74) is 0. The van der Waals surface area contributed by atoms with E-state index in [1.165, 1.54) is 96.3 Å². The molecule has 9 nitrogen and oxygen atoms in total. The van der Waals surface area contributed by atoms with Crippen LogP contribution in [-0.2, 0) is 33.3 Å². The van der Waals surface area contributed by atoms with Crippen LogP contribution in [-0.4, -0.2) is 82.3 Å². The molecule has 0 aromatic rings. The van der Waals surface area contributed by atoms with E-state index in [0.717, 1.165) is 128 Å². The maximum Gasteiger partial charge on any atom is 0.306 e. The molecule has 9 heteroatoms. The first-order valence-electron chi connectivity index (χ1n) is 34.0. The van der Waals surface area contributed by atoms with Gasteiger partial charge >= 0.3 is 11.9 Å². The standard InChI is InChI=1S/C76H125NO8/c1-6-8-10-12-14-16-18-20-22-24-26-28-30-31-32-33-34-35-36-37-38-39-40-41-42-43-45-47-49-51-53-55-57-59-61-63-65-67-74(79)85-72(71-84-76(75(80)81)82-69-68-77(3,4)5)70-83-73(78)66-64-62-60-58-56-54-52-50-48-46-44-29-27-25-23-21-19-17-15-13-11-9-7-2/h8,10,14,16,19-22,25-28,31-32,34-35,37-38,40-41,43,45,49,51,72,76H,6-7,9,11-13,15,17-18,23-24,29-30,33,36,39,42,44,46-48,50,52-71H2,1-5H3/b10-8-,16-14-,21-19-,22-20-,27-25-,28-26-,32-31-,35-34-,38-37-,41-40-,45-43-,51-49-. The van der Waals surface area contributed by atoms with Gasteiger partial charge in [0.1, 0.15) is 13.2 Å². The van der Waals surface area contributed by atoms with Crippen molar-refractivity contribution in [2.24, 2.45) is 0 Å². The first-order valence-corrected chi connectivity index (χ1v) is 34.0. The van der Waals surface area contributed by atoms with Crippen molar-refractivity contribution in [3.63, 3.8) is 0 Å². The zero-order chi connectivity index (χ0) is 61.9. The minimum atomic E-state index is -1.64. The number of carboxylic acid groups (broad SMARTS) is 1. The number of nitrogens with zero attached hydrogens (tertiary/aromatic N) is 1. The minimum Gasteiger partial charge on any atom is -0.545 e. The fourth-order valence-corrected chi connectivity index (χ4v) is 8.89. The van der Waals surface area contributed by atoms with Gasteiger partial charge in [-0.3, -0.25) is 9.59 Å². The van der Waals surface area contributed by atoms with Crippen molar-refractivity contribution in [2.45, 2.75) is 270 Å². The summed E-state index contributed by atoms with van der Waals surface area (Å²) in [6, 6.07) is 0. The lowest BCUT2D eigenvalue weighted by atomic mass is 10.0. The van der Waals surface area contributed by atoms with Crippen LogP contribution in [0.4, 0.5) is 0 Å². The Labute approximate surface area is 522 Å². The summed E-state index contributed by atoms with van der Waals surface area (Å²) in [7, 11) is 5.91. The van der Waals surface area contributed by atoms with Gasteiger partial charge in [0.2, 0.25) is 0 Å². The number of carbonyl (C=O) groups excluding carboxylic acids is 3. The highest BCUT2D eigenvalue weighted by Gasteiger charge is 2.22. The van der Waals surface area contributed by atoms with Gasteiger partial charge in [-0.15, -0.1) is 0 Å². The lowest BCUT2D eigenvalue weighted by molar-refractivity contribution is -0.870. The molecule has 0 aromatic heterocycles. The van der Waals surface area contributed by atoms with E-state index in [1.54, 1.807) is 0 Å². The van der Waals surface area contributed by atoms with Crippen LogP contribution < -0.4 is 5.11 Å². The molecular formula is C76H125NO8. The molecule has 482 valence electrons. The summed E-state index contributed by atoms with van der Waals surface area (Å²) in [5.74, 6) is -2.32. The molecule has 0 aliphatic rings. The number of hydrogen-bond acceptors (Lipinski definition) is 8. The topological polar surface area (TPSA) is 111 Å². The van der Waals surface area contributed by atoms with Gasteiger partial charge in [0.25, 0.3) is 0 Å². The summed E-state index contributed by atoms with van der Waals surface area (Å²) in [4.78, 5) is 37.4. The lowest BCUT2D eigenvalue weighted by Crippen LogP contribution is -2.44. The van der Waals surface area contributed by atoms with E-state index in [2.05, 4.69) is 160 Å². The van der Waals surface area contributed by atoms with Gasteiger partial charge in [-0.05, 0) is 122 Å². The smallest absolute Gasteiger partial charge is 0.306 e. The van der Waals surface area contributed by atoms with Gasteiger partial charge in [-0.1, -0.05) is 269 Å². The Bertz CT molecular complexity index is 1900. The molecule has 0 rings (SSSR count). The number of aliphatic carboxylic acids is 1. The van der Waals surface area contributed by atoms with Crippen LogP contribution in [0.25, 0.3) is 0 Å². The van der Waals surface area contributed by atoms with Gasteiger partial charge in [-0.2, -0.15) is 0 Å². The third-order valence-electron chi connectivity index (χ3n) is 14.1. The van der Waals surface area contributed by atoms with Crippen LogP contribution in [0.15, 0.2) is 146 Å². The van der Waals surface area contributed by atoms with Crippen LogP contribution in [0, 0.1) is 0 Å². The summed E-state index contributed by atoms with van der Waals surface area (Å²) in [6.45, 7) is 4.60. The van der Waals surface area contributed by atoms with E-state index in [9.17, 15) is 19.5 Å². The fraction of sp³-hybridized carbons (Fsp3) is 0.645. The highest BCUT2D eigenvalue weighted by atomic mass is 16.7. The van der Waals surface area contributed by atoms with E-state index < -0.39 is 24.3 Å². The highest BCUT2D eigenvalue weighted by Crippen LogP contribution is 2.15. The normalized spacial score (nSPS) is 13.7. The van der Waals surface area contributed by atoms with E-state index in [-0.39, 0.29) is 38.6 Å². The van der Waals surface area contributed by atoms with Gasteiger partial charge in [0.15, 0.2) is 12.4 Å². The number of esters is 2. The molecule has 0 amide bonds. The zero-order valence-electron chi connectivity index (χ0n) is 54.9. The van der Waals surface area contributed by atoms with Crippen LogP contribution in [0.5, 0.6) is 0 Å². The second-order valence-corrected chi connectivity index (χ2v) is 23.4. The average molecular weight is 1180 g/mol. The van der Waals surface area contributed by atoms with Crippen molar-refractivity contribution in [2.75, 3.05) is 47.5 Å². The molecule has 0 spiro atoms. The zero-order valence-corrected chi connectivity index (χ0v) is 54.9. The number of likely N-dealkylation sites (N-methyl/N-ethyl adjacent to an activating group) is 1. The van der Waals surface area contributed by atoms with Crippen LogP contribution in [0.1, 0.15) is 258 Å². The van der Waals surface area contributed by atoms with Crippen molar-refractivity contribution in [1.29, 1.82) is 0 Å². The molecule has 0 heterocycles. The second kappa shape index (κ2) is 65.2. The van der Waals surface area contributed by atoms with Gasteiger partial charge < -0.3 is 33.3 Å². The third-order valence-corrected chi connectivity index (χ3v) is 14.1. The number of allylic oxidation sites excluding steroid dienone is 24. The lowest BCUT2D eigenvalue weighted by Gasteiger charge is -2.26. The number of hydrogen-bond donors (Lipinski definition) is 0. The summed E-state index contributed by atoms with van der Waals surface area (Å²) in [6.07, 6.45) is 92.0. The fourth-order valence-electron chi connectivity index (χ4n) is 8.89. The van der Waals surface area contributed by atoms with Crippen molar-refractivity contribution >= 4 is 17.9 Å². The molecular weight excluding hydrogens is 1050 g/mol. The quantitative estimate of drug-likeness (QED) is 0.0195. The third kappa shape index (κ3) is 66.5. The molecule has 0 fully saturated rings. The molecule has 0 aliphatic heterocycles. The van der Waals surface area contributed by atoms with Gasteiger partial charge in [-0.25, -0.2) is 0 Å². The summed E-state index contributed by atoms with van der Waals surface area (Å²) >= 11 is 0. The molecule has 2 atom stereocenters. The first-order chi connectivity index (χ1) is 41.6. The molecule has 0 radical (unpaired) electrons. The van der Waals surface area contributed by atoms with Crippen LogP contribution in [0.2, 0.25) is 0 Å².